The number of nitrogens with zero attached hydrogens (tertiary/aromatic N) is 2. The quantitative estimate of drug-likeness (QED) is 0.680. The van der Waals surface area contributed by atoms with E-state index in [1.807, 2.05) is 60.3 Å². The van der Waals surface area contributed by atoms with Crippen molar-refractivity contribution in [1.29, 1.82) is 0 Å². The van der Waals surface area contributed by atoms with Gasteiger partial charge in [0.05, 0.1) is 17.3 Å². The fraction of sp³-hybridized carbons (Fsp3) is 0.176. The van der Waals surface area contributed by atoms with Crippen LogP contribution in [-0.2, 0) is 7.05 Å². The average molecular weight is 344 g/mol. The zero-order chi connectivity index (χ0) is 16.4. The van der Waals surface area contributed by atoms with Gasteiger partial charge in [0.25, 0.3) is 5.91 Å². The number of carbonyl (C=O) groups is 1. The van der Waals surface area contributed by atoms with Crippen molar-refractivity contribution in [2.24, 2.45) is 12.0 Å². The average Bonchev–Trinajstić information content (AvgIpc) is 2.90. The van der Waals surface area contributed by atoms with E-state index < -0.39 is 0 Å². The summed E-state index contributed by atoms with van der Waals surface area (Å²) < 4.78 is 8.20. The number of hydrogen-bond donors (Lipinski definition) is 0. The molecule has 0 aliphatic rings. The van der Waals surface area contributed by atoms with Crippen LogP contribution >= 0.6 is 23.1 Å². The lowest BCUT2D eigenvalue weighted by Crippen LogP contribution is -2.13. The fourth-order valence-corrected chi connectivity index (χ4v) is 3.69. The van der Waals surface area contributed by atoms with E-state index in [0.29, 0.717) is 10.4 Å². The van der Waals surface area contributed by atoms with Gasteiger partial charge in [-0.05, 0) is 48.7 Å². The van der Waals surface area contributed by atoms with E-state index in [4.69, 9.17) is 4.74 Å². The minimum atomic E-state index is -0.230. The molecule has 0 fully saturated rings. The lowest BCUT2D eigenvalue weighted by molar-refractivity contribution is 0.0998. The van der Waals surface area contributed by atoms with E-state index in [0.717, 1.165) is 20.9 Å². The summed E-state index contributed by atoms with van der Waals surface area (Å²) in [6.07, 6.45) is 2.01. The van der Waals surface area contributed by atoms with Gasteiger partial charge < -0.3 is 9.30 Å². The summed E-state index contributed by atoms with van der Waals surface area (Å²) in [4.78, 5) is 18.4. The van der Waals surface area contributed by atoms with Crippen molar-refractivity contribution in [2.45, 2.75) is 4.90 Å². The normalized spacial score (nSPS) is 11.9. The summed E-state index contributed by atoms with van der Waals surface area (Å²) in [6.45, 7) is 0. The number of thioether (sulfide) groups is 1. The Balaban J connectivity index is 2.02. The Morgan fingerprint density at radius 1 is 1.22 bits per heavy atom. The zero-order valence-electron chi connectivity index (χ0n) is 13.1. The molecular weight excluding hydrogens is 328 g/mol. The monoisotopic (exact) mass is 344 g/mol. The molecule has 6 heteroatoms. The molecule has 118 valence electrons. The van der Waals surface area contributed by atoms with Crippen molar-refractivity contribution >= 4 is 39.2 Å². The first-order valence-corrected chi connectivity index (χ1v) is 9.03. The third-order valence-electron chi connectivity index (χ3n) is 3.55. The molecule has 0 radical (unpaired) electrons. The molecule has 2 aromatic carbocycles. The number of rotatable bonds is 3. The molecule has 0 atom stereocenters. The first kappa shape index (κ1) is 15.8. The van der Waals surface area contributed by atoms with Crippen LogP contribution in [0, 0.1) is 0 Å². The minimum absolute atomic E-state index is 0.230. The van der Waals surface area contributed by atoms with Crippen LogP contribution in [0.3, 0.4) is 0 Å². The lowest BCUT2D eigenvalue weighted by atomic mass is 10.2. The van der Waals surface area contributed by atoms with Crippen molar-refractivity contribution in [3.8, 4) is 5.75 Å². The summed E-state index contributed by atoms with van der Waals surface area (Å²) in [5.74, 6) is 0.566. The molecular formula is C17H16N2O2S2. The second-order valence-electron chi connectivity index (χ2n) is 4.92. The molecule has 0 bridgehead atoms. The van der Waals surface area contributed by atoms with Crippen molar-refractivity contribution in [2.75, 3.05) is 13.4 Å². The predicted molar refractivity (Wildman–Crippen MR) is 95.5 cm³/mol. The lowest BCUT2D eigenvalue weighted by Gasteiger charge is -1.99. The molecule has 0 spiro atoms. The van der Waals surface area contributed by atoms with Crippen LogP contribution in [0.1, 0.15) is 10.4 Å². The molecule has 1 heterocycles. The molecule has 4 nitrogen and oxygen atoms in total. The molecule has 3 rings (SSSR count). The fourth-order valence-electron chi connectivity index (χ4n) is 2.23. The second kappa shape index (κ2) is 6.60. The number of aryl methyl sites for hydroxylation is 1. The number of fused-ring (bicyclic) bond motifs is 1. The van der Waals surface area contributed by atoms with E-state index >= 15 is 0 Å². The first-order valence-electron chi connectivity index (χ1n) is 6.99. The molecule has 3 aromatic rings. The summed E-state index contributed by atoms with van der Waals surface area (Å²) in [6, 6.07) is 13.3. The number of benzene rings is 2. The Morgan fingerprint density at radius 2 is 1.96 bits per heavy atom. The Bertz CT molecular complexity index is 924. The highest BCUT2D eigenvalue weighted by molar-refractivity contribution is 7.98. The maximum absolute atomic E-state index is 12.4. The Labute approximate surface area is 142 Å². The highest BCUT2D eigenvalue weighted by Crippen LogP contribution is 2.22. The molecule has 0 N–H and O–H groups in total. The summed E-state index contributed by atoms with van der Waals surface area (Å²) in [5, 5.41) is 0. The third-order valence-corrected chi connectivity index (χ3v) is 5.39. The van der Waals surface area contributed by atoms with Gasteiger partial charge in [-0.15, -0.1) is 11.8 Å². The van der Waals surface area contributed by atoms with Crippen molar-refractivity contribution in [3.63, 3.8) is 0 Å². The number of hydrogen-bond acceptors (Lipinski definition) is 4. The third kappa shape index (κ3) is 3.18. The van der Waals surface area contributed by atoms with Gasteiger partial charge >= 0.3 is 0 Å². The Morgan fingerprint density at radius 3 is 2.61 bits per heavy atom. The molecule has 1 aromatic heterocycles. The summed E-state index contributed by atoms with van der Waals surface area (Å²) in [7, 11) is 3.55. The Kier molecular flexibility index (Phi) is 4.54. The Hall–Kier alpha value is -2.05. The van der Waals surface area contributed by atoms with Crippen LogP contribution in [0.5, 0.6) is 5.75 Å². The highest BCUT2D eigenvalue weighted by Gasteiger charge is 2.08. The van der Waals surface area contributed by atoms with Gasteiger partial charge in [-0.1, -0.05) is 11.3 Å². The van der Waals surface area contributed by atoms with Crippen LogP contribution in [0.15, 0.2) is 52.4 Å². The number of amides is 1. The highest BCUT2D eigenvalue weighted by atomic mass is 32.2. The van der Waals surface area contributed by atoms with Gasteiger partial charge in [-0.25, -0.2) is 0 Å². The van der Waals surface area contributed by atoms with E-state index in [1.54, 1.807) is 18.9 Å². The van der Waals surface area contributed by atoms with Gasteiger partial charge in [0.15, 0.2) is 4.80 Å². The topological polar surface area (TPSA) is 43.6 Å². The van der Waals surface area contributed by atoms with Gasteiger partial charge in [0.2, 0.25) is 0 Å². The standard InChI is InChI=1S/C17H16N2O2S2/c1-19-14-9-6-12(21-2)10-15(14)23-17(19)18-16(20)11-4-7-13(22-3)8-5-11/h4-10H,1-3H3. The van der Waals surface area contributed by atoms with E-state index in [9.17, 15) is 4.79 Å². The largest absolute Gasteiger partial charge is 0.497 e. The van der Waals surface area contributed by atoms with E-state index in [2.05, 4.69) is 4.99 Å². The molecule has 0 aliphatic heterocycles. The number of aromatic nitrogens is 1. The van der Waals surface area contributed by atoms with Gasteiger partial charge in [0, 0.05) is 17.5 Å². The zero-order valence-corrected chi connectivity index (χ0v) is 14.7. The van der Waals surface area contributed by atoms with Crippen molar-refractivity contribution in [1.82, 2.24) is 4.57 Å². The maximum atomic E-state index is 12.4. The number of carbonyl (C=O) groups excluding carboxylic acids is 1. The van der Waals surface area contributed by atoms with E-state index in [1.165, 1.54) is 11.3 Å². The second-order valence-corrected chi connectivity index (χ2v) is 6.81. The van der Waals surface area contributed by atoms with E-state index in [-0.39, 0.29) is 5.91 Å². The number of thiazole rings is 1. The summed E-state index contributed by atoms with van der Waals surface area (Å²) in [5.41, 5.74) is 1.62. The van der Waals surface area contributed by atoms with Crippen LogP contribution < -0.4 is 9.54 Å². The smallest absolute Gasteiger partial charge is 0.279 e. The molecule has 1 amide bonds. The maximum Gasteiger partial charge on any atom is 0.279 e. The van der Waals surface area contributed by atoms with Gasteiger partial charge in [0.1, 0.15) is 5.75 Å². The van der Waals surface area contributed by atoms with Gasteiger partial charge in [-0.3, -0.25) is 4.79 Å². The van der Waals surface area contributed by atoms with Crippen molar-refractivity contribution < 1.29 is 9.53 Å². The molecule has 0 unspecified atom stereocenters. The SMILES string of the molecule is COc1ccc2c(c1)sc(=NC(=O)c1ccc(SC)cc1)n2C. The predicted octanol–water partition coefficient (Wildman–Crippen LogP) is 3.71. The number of ether oxygens (including phenoxy) is 1. The number of methoxy groups -OCH3 is 1. The van der Waals surface area contributed by atoms with Crippen LogP contribution in [0.4, 0.5) is 0 Å². The van der Waals surface area contributed by atoms with Crippen LogP contribution in [0.2, 0.25) is 0 Å². The molecule has 0 aliphatic carbocycles. The van der Waals surface area contributed by atoms with Crippen LogP contribution in [0.25, 0.3) is 10.2 Å². The van der Waals surface area contributed by atoms with Gasteiger partial charge in [-0.2, -0.15) is 4.99 Å². The summed E-state index contributed by atoms with van der Waals surface area (Å²) >= 11 is 3.12. The van der Waals surface area contributed by atoms with Crippen LogP contribution in [-0.4, -0.2) is 23.8 Å². The van der Waals surface area contributed by atoms with Crippen molar-refractivity contribution in [3.05, 3.63) is 52.8 Å². The molecule has 0 saturated heterocycles. The first-order chi connectivity index (χ1) is 11.1. The molecule has 0 saturated carbocycles. The minimum Gasteiger partial charge on any atom is -0.497 e. The molecule has 23 heavy (non-hydrogen) atoms.